The van der Waals surface area contributed by atoms with Gasteiger partial charge in [0.15, 0.2) is 0 Å². The Bertz CT molecular complexity index is 146. The number of carboxylic acid groups (broad SMARTS) is 1. The number of carbonyl (C=O) groups excluding carboxylic acids is 1. The lowest BCUT2D eigenvalue weighted by molar-refractivity contribution is 0.109. The highest BCUT2D eigenvalue weighted by Gasteiger charge is 2.05. The fourth-order valence-electron chi connectivity index (χ4n) is 0.483. The van der Waals surface area contributed by atoms with Gasteiger partial charge in [-0.05, 0) is 6.42 Å². The number of amides is 1. The van der Waals surface area contributed by atoms with Gasteiger partial charge >= 0.3 is 12.2 Å². The third kappa shape index (κ3) is 6.63. The molecular formula is C6H11NO4. The molecule has 5 nitrogen and oxygen atoms in total. The normalized spacial score (nSPS) is 8.82. The fourth-order valence-corrected chi connectivity index (χ4v) is 0.483. The molecule has 64 valence electrons. The summed E-state index contributed by atoms with van der Waals surface area (Å²) in [5, 5.41) is 10.2. The molecule has 0 rings (SSSR count). The van der Waals surface area contributed by atoms with Crippen LogP contribution < -0.4 is 5.32 Å². The number of ether oxygens (including phenoxy) is 1. The van der Waals surface area contributed by atoms with Crippen molar-refractivity contribution in [2.75, 3.05) is 6.54 Å². The van der Waals surface area contributed by atoms with E-state index in [1.807, 2.05) is 6.92 Å². The summed E-state index contributed by atoms with van der Waals surface area (Å²) in [5.41, 5.74) is 0. The molecule has 0 aliphatic carbocycles. The van der Waals surface area contributed by atoms with Crippen molar-refractivity contribution in [3.63, 3.8) is 0 Å². The summed E-state index contributed by atoms with van der Waals surface area (Å²) < 4.78 is 3.76. The van der Waals surface area contributed by atoms with Crippen LogP contribution in [-0.4, -0.2) is 23.9 Å². The second kappa shape index (κ2) is 5.52. The van der Waals surface area contributed by atoms with E-state index in [0.717, 1.165) is 12.8 Å². The first-order valence-electron chi connectivity index (χ1n) is 3.35. The van der Waals surface area contributed by atoms with Crippen molar-refractivity contribution in [3.8, 4) is 0 Å². The summed E-state index contributed by atoms with van der Waals surface area (Å²) in [6.07, 6.45) is -0.743. The fraction of sp³-hybridized carbons (Fsp3) is 0.667. The predicted octanol–water partition coefficient (Wildman–Crippen LogP) is 1.19. The molecule has 0 aliphatic heterocycles. The Morgan fingerprint density at radius 3 is 2.64 bits per heavy atom. The van der Waals surface area contributed by atoms with E-state index in [2.05, 4.69) is 10.1 Å². The van der Waals surface area contributed by atoms with Crippen LogP contribution >= 0.6 is 0 Å². The maximum atomic E-state index is 10.4. The molecule has 0 radical (unpaired) electrons. The number of nitrogens with one attached hydrogen (secondary N) is 1. The van der Waals surface area contributed by atoms with Crippen molar-refractivity contribution < 1.29 is 19.4 Å². The van der Waals surface area contributed by atoms with Gasteiger partial charge in [0.25, 0.3) is 0 Å². The molecule has 0 saturated heterocycles. The number of hydrogen-bond donors (Lipinski definition) is 2. The van der Waals surface area contributed by atoms with E-state index in [-0.39, 0.29) is 0 Å². The van der Waals surface area contributed by atoms with E-state index < -0.39 is 12.2 Å². The van der Waals surface area contributed by atoms with E-state index in [9.17, 15) is 9.59 Å². The monoisotopic (exact) mass is 161 g/mol. The van der Waals surface area contributed by atoms with Crippen molar-refractivity contribution in [2.45, 2.75) is 19.8 Å². The highest BCUT2D eigenvalue weighted by atomic mass is 16.7. The minimum atomic E-state index is -1.58. The largest absolute Gasteiger partial charge is 0.514 e. The second-order valence-corrected chi connectivity index (χ2v) is 1.94. The Morgan fingerprint density at radius 1 is 1.55 bits per heavy atom. The summed E-state index contributed by atoms with van der Waals surface area (Å²) in [6.45, 7) is 2.41. The third-order valence-electron chi connectivity index (χ3n) is 0.980. The summed E-state index contributed by atoms with van der Waals surface area (Å²) in [6, 6.07) is 0. The minimum Gasteiger partial charge on any atom is -0.449 e. The summed E-state index contributed by atoms with van der Waals surface area (Å²) in [4.78, 5) is 20.2. The molecule has 0 bridgehead atoms. The minimum absolute atomic E-state index is 0.447. The van der Waals surface area contributed by atoms with Gasteiger partial charge in [0.05, 0.1) is 0 Å². The zero-order chi connectivity index (χ0) is 8.69. The Morgan fingerprint density at radius 2 is 2.18 bits per heavy atom. The number of hydrogen-bond acceptors (Lipinski definition) is 3. The van der Waals surface area contributed by atoms with Crippen molar-refractivity contribution in [1.29, 1.82) is 0 Å². The van der Waals surface area contributed by atoms with Crippen LogP contribution in [0.3, 0.4) is 0 Å². The molecule has 0 aromatic rings. The molecule has 0 aromatic heterocycles. The molecule has 0 unspecified atom stereocenters. The molecule has 0 heterocycles. The van der Waals surface area contributed by atoms with Gasteiger partial charge in [-0.2, -0.15) is 0 Å². The van der Waals surface area contributed by atoms with Gasteiger partial charge < -0.3 is 15.2 Å². The lowest BCUT2D eigenvalue weighted by atomic mass is 10.3. The van der Waals surface area contributed by atoms with Gasteiger partial charge in [-0.1, -0.05) is 13.3 Å². The van der Waals surface area contributed by atoms with Gasteiger partial charge in [0.1, 0.15) is 0 Å². The van der Waals surface area contributed by atoms with Crippen molar-refractivity contribution in [3.05, 3.63) is 0 Å². The van der Waals surface area contributed by atoms with Gasteiger partial charge in [-0.25, -0.2) is 9.59 Å². The topological polar surface area (TPSA) is 75.6 Å². The van der Waals surface area contributed by atoms with Crippen LogP contribution in [0.4, 0.5) is 9.59 Å². The SMILES string of the molecule is CCCCNC(=O)OC(=O)O. The van der Waals surface area contributed by atoms with Gasteiger partial charge in [-0.3, -0.25) is 0 Å². The maximum Gasteiger partial charge on any atom is 0.514 e. The van der Waals surface area contributed by atoms with E-state index in [4.69, 9.17) is 5.11 Å². The van der Waals surface area contributed by atoms with Crippen LogP contribution in [0.2, 0.25) is 0 Å². The first-order valence-corrected chi connectivity index (χ1v) is 3.35. The van der Waals surface area contributed by atoms with Crippen molar-refractivity contribution in [1.82, 2.24) is 5.32 Å². The molecule has 5 heteroatoms. The molecule has 0 fully saturated rings. The average molecular weight is 161 g/mol. The van der Waals surface area contributed by atoms with Crippen LogP contribution in [0, 0.1) is 0 Å². The van der Waals surface area contributed by atoms with E-state index in [1.54, 1.807) is 0 Å². The summed E-state index contributed by atoms with van der Waals surface area (Å²) in [7, 11) is 0. The van der Waals surface area contributed by atoms with Crippen molar-refractivity contribution >= 4 is 12.2 Å². The number of alkyl carbamates (subject to hydrolysis) is 1. The van der Waals surface area contributed by atoms with Crippen molar-refractivity contribution in [2.24, 2.45) is 0 Å². The predicted molar refractivity (Wildman–Crippen MR) is 37.4 cm³/mol. The Labute approximate surface area is 64.3 Å². The Balaban J connectivity index is 3.30. The smallest absolute Gasteiger partial charge is 0.449 e. The second-order valence-electron chi connectivity index (χ2n) is 1.94. The number of rotatable bonds is 3. The molecule has 0 spiro atoms. The molecule has 0 atom stereocenters. The van der Waals surface area contributed by atoms with E-state index in [0.29, 0.717) is 6.54 Å². The quantitative estimate of drug-likeness (QED) is 0.370. The van der Waals surface area contributed by atoms with Crippen LogP contribution in [-0.2, 0) is 4.74 Å². The first-order chi connectivity index (χ1) is 5.16. The highest BCUT2D eigenvalue weighted by Crippen LogP contribution is 1.84. The van der Waals surface area contributed by atoms with Gasteiger partial charge in [0.2, 0.25) is 0 Å². The molecule has 0 aliphatic rings. The highest BCUT2D eigenvalue weighted by molar-refractivity contribution is 5.79. The number of unbranched alkanes of at least 4 members (excludes halogenated alkanes) is 1. The van der Waals surface area contributed by atoms with Crippen LogP contribution in [0.1, 0.15) is 19.8 Å². The van der Waals surface area contributed by atoms with Crippen LogP contribution in [0.25, 0.3) is 0 Å². The zero-order valence-corrected chi connectivity index (χ0v) is 6.29. The van der Waals surface area contributed by atoms with Gasteiger partial charge in [0, 0.05) is 6.54 Å². The Kier molecular flexibility index (Phi) is 4.89. The van der Waals surface area contributed by atoms with Gasteiger partial charge in [-0.15, -0.1) is 0 Å². The molecule has 11 heavy (non-hydrogen) atoms. The molecule has 1 amide bonds. The lowest BCUT2D eigenvalue weighted by Gasteiger charge is -2.00. The molecule has 0 saturated carbocycles. The molecule has 0 aromatic carbocycles. The molecule has 2 N–H and O–H groups in total. The van der Waals surface area contributed by atoms with E-state index >= 15 is 0 Å². The lowest BCUT2D eigenvalue weighted by Crippen LogP contribution is -2.26. The first kappa shape index (κ1) is 9.74. The number of carbonyl (C=O) groups is 2. The zero-order valence-electron chi connectivity index (χ0n) is 6.29. The summed E-state index contributed by atoms with van der Waals surface area (Å²) in [5.74, 6) is 0. The van der Waals surface area contributed by atoms with Crippen LogP contribution in [0.5, 0.6) is 0 Å². The summed E-state index contributed by atoms with van der Waals surface area (Å²) >= 11 is 0. The maximum absolute atomic E-state index is 10.4. The molecular weight excluding hydrogens is 150 g/mol. The third-order valence-corrected chi connectivity index (χ3v) is 0.980. The average Bonchev–Trinajstić information content (AvgIpc) is 1.86. The Hall–Kier alpha value is -1.26. The van der Waals surface area contributed by atoms with Crippen LogP contribution in [0.15, 0.2) is 0 Å². The van der Waals surface area contributed by atoms with E-state index in [1.165, 1.54) is 0 Å². The standard InChI is InChI=1S/C6H11NO4/c1-2-3-4-7-5(8)11-6(9)10/h2-4H2,1H3,(H,7,8)(H,9,10).